The van der Waals surface area contributed by atoms with Gasteiger partial charge in [0.25, 0.3) is 5.56 Å². The first-order valence-corrected chi connectivity index (χ1v) is 10.5. The molecule has 5 rings (SSSR count). The van der Waals surface area contributed by atoms with E-state index in [-0.39, 0.29) is 5.56 Å². The topological polar surface area (TPSA) is 80.0 Å². The molecule has 154 valence electrons. The molecule has 0 unspecified atom stereocenters. The second kappa shape index (κ2) is 8.31. The molecule has 1 aliphatic heterocycles. The smallest absolute Gasteiger partial charge is 0.266 e. The van der Waals surface area contributed by atoms with Crippen LogP contribution in [-0.2, 0) is 6.54 Å². The van der Waals surface area contributed by atoms with Gasteiger partial charge in [-0.3, -0.25) is 19.7 Å². The minimum atomic E-state index is -0.0694. The zero-order valence-corrected chi connectivity index (χ0v) is 16.9. The van der Waals surface area contributed by atoms with Gasteiger partial charge in [0.05, 0.1) is 17.9 Å². The molecule has 2 fully saturated rings. The molecule has 4 heterocycles. The second-order valence-corrected chi connectivity index (χ2v) is 7.88. The Kier molecular flexibility index (Phi) is 5.23. The fourth-order valence-corrected chi connectivity index (χ4v) is 3.94. The van der Waals surface area contributed by atoms with Crippen molar-refractivity contribution in [3.8, 4) is 11.3 Å². The molecule has 8 heteroatoms. The van der Waals surface area contributed by atoms with Crippen molar-refractivity contribution in [2.24, 2.45) is 0 Å². The summed E-state index contributed by atoms with van der Waals surface area (Å²) in [7, 11) is 0. The number of hydrogen-bond acceptors (Lipinski definition) is 7. The third kappa shape index (κ3) is 4.09. The molecule has 1 saturated carbocycles. The van der Waals surface area contributed by atoms with Crippen LogP contribution in [0.15, 0.2) is 53.8 Å². The number of hydrogen-bond donors (Lipinski definition) is 0. The summed E-state index contributed by atoms with van der Waals surface area (Å²) in [5.74, 6) is 1.65. The van der Waals surface area contributed by atoms with Crippen molar-refractivity contribution >= 4 is 5.82 Å². The SMILES string of the molecule is O=c1ccc(-c2ccncc2)nn1CCN1CCN(c2nccnc2C2CC2)CC1. The van der Waals surface area contributed by atoms with E-state index in [1.165, 1.54) is 12.8 Å². The van der Waals surface area contributed by atoms with E-state index < -0.39 is 0 Å². The van der Waals surface area contributed by atoms with Crippen LogP contribution in [0.2, 0.25) is 0 Å². The van der Waals surface area contributed by atoms with Gasteiger partial charge >= 0.3 is 0 Å². The third-order valence-electron chi connectivity index (χ3n) is 5.81. The second-order valence-electron chi connectivity index (χ2n) is 7.88. The van der Waals surface area contributed by atoms with Gasteiger partial charge in [0, 0.05) is 75.1 Å². The van der Waals surface area contributed by atoms with Crippen LogP contribution in [0.5, 0.6) is 0 Å². The molecule has 0 aromatic carbocycles. The molecular weight excluding hydrogens is 378 g/mol. The fraction of sp³-hybridized carbons (Fsp3) is 0.409. The van der Waals surface area contributed by atoms with Crippen molar-refractivity contribution in [1.29, 1.82) is 0 Å². The maximum Gasteiger partial charge on any atom is 0.266 e. The third-order valence-corrected chi connectivity index (χ3v) is 5.81. The molecular formula is C22H25N7O. The number of pyridine rings is 1. The highest BCUT2D eigenvalue weighted by Gasteiger charge is 2.31. The monoisotopic (exact) mass is 403 g/mol. The Bertz CT molecular complexity index is 1060. The van der Waals surface area contributed by atoms with Crippen molar-refractivity contribution in [2.45, 2.75) is 25.3 Å². The molecule has 3 aromatic rings. The Balaban J connectivity index is 1.20. The lowest BCUT2D eigenvalue weighted by atomic mass is 10.2. The van der Waals surface area contributed by atoms with Crippen LogP contribution >= 0.6 is 0 Å². The maximum atomic E-state index is 12.3. The van der Waals surface area contributed by atoms with Gasteiger partial charge in [0.1, 0.15) is 0 Å². The van der Waals surface area contributed by atoms with Crippen LogP contribution in [-0.4, -0.2) is 62.4 Å². The first-order valence-electron chi connectivity index (χ1n) is 10.5. The Labute approximate surface area is 175 Å². The van der Waals surface area contributed by atoms with E-state index in [4.69, 9.17) is 0 Å². The van der Waals surface area contributed by atoms with E-state index in [1.807, 2.05) is 12.1 Å². The molecule has 0 amide bonds. The fourth-order valence-electron chi connectivity index (χ4n) is 3.94. The van der Waals surface area contributed by atoms with Crippen LogP contribution in [0, 0.1) is 0 Å². The van der Waals surface area contributed by atoms with Gasteiger partial charge in [-0.2, -0.15) is 5.10 Å². The van der Waals surface area contributed by atoms with Crippen molar-refractivity contribution < 1.29 is 0 Å². The highest BCUT2D eigenvalue weighted by Crippen LogP contribution is 2.42. The van der Waals surface area contributed by atoms with E-state index >= 15 is 0 Å². The van der Waals surface area contributed by atoms with Crippen LogP contribution < -0.4 is 10.5 Å². The van der Waals surface area contributed by atoms with Crippen LogP contribution in [0.25, 0.3) is 11.3 Å². The summed E-state index contributed by atoms with van der Waals surface area (Å²) < 4.78 is 1.57. The zero-order valence-electron chi connectivity index (χ0n) is 16.9. The van der Waals surface area contributed by atoms with Crippen molar-refractivity contribution in [3.63, 3.8) is 0 Å². The van der Waals surface area contributed by atoms with E-state index in [0.29, 0.717) is 12.5 Å². The molecule has 1 aliphatic carbocycles. The Morgan fingerprint density at radius 2 is 1.63 bits per heavy atom. The number of rotatable bonds is 6. The predicted octanol–water partition coefficient (Wildman–Crippen LogP) is 1.79. The quantitative estimate of drug-likeness (QED) is 0.621. The average molecular weight is 403 g/mol. The Morgan fingerprint density at radius 1 is 0.867 bits per heavy atom. The van der Waals surface area contributed by atoms with Crippen LogP contribution in [0.4, 0.5) is 5.82 Å². The molecule has 0 atom stereocenters. The summed E-state index contributed by atoms with van der Waals surface area (Å²) in [5, 5.41) is 4.55. The average Bonchev–Trinajstić information content (AvgIpc) is 3.65. The van der Waals surface area contributed by atoms with Crippen LogP contribution in [0.1, 0.15) is 24.5 Å². The zero-order chi connectivity index (χ0) is 20.3. The van der Waals surface area contributed by atoms with E-state index in [0.717, 1.165) is 55.5 Å². The molecule has 8 nitrogen and oxygen atoms in total. The van der Waals surface area contributed by atoms with Gasteiger partial charge in [-0.15, -0.1) is 0 Å². The molecule has 3 aromatic heterocycles. The lowest BCUT2D eigenvalue weighted by molar-refractivity contribution is 0.242. The number of aromatic nitrogens is 5. The molecule has 0 bridgehead atoms. The lowest BCUT2D eigenvalue weighted by Gasteiger charge is -2.36. The first kappa shape index (κ1) is 18.9. The number of nitrogens with zero attached hydrogens (tertiary/aromatic N) is 7. The lowest BCUT2D eigenvalue weighted by Crippen LogP contribution is -2.48. The summed E-state index contributed by atoms with van der Waals surface area (Å²) in [5.41, 5.74) is 2.84. The Morgan fingerprint density at radius 3 is 2.40 bits per heavy atom. The molecule has 30 heavy (non-hydrogen) atoms. The summed E-state index contributed by atoms with van der Waals surface area (Å²) in [4.78, 5) is 30.2. The van der Waals surface area contributed by atoms with Crippen molar-refractivity contribution in [2.75, 3.05) is 37.6 Å². The van der Waals surface area contributed by atoms with Gasteiger partial charge in [0.2, 0.25) is 0 Å². The normalized spacial score (nSPS) is 17.3. The molecule has 2 aliphatic rings. The minimum Gasteiger partial charge on any atom is -0.353 e. The van der Waals surface area contributed by atoms with Gasteiger partial charge in [-0.25, -0.2) is 9.67 Å². The van der Waals surface area contributed by atoms with Crippen molar-refractivity contribution in [3.05, 3.63) is 65.1 Å². The number of piperazine rings is 1. The Hall–Kier alpha value is -3.13. The van der Waals surface area contributed by atoms with Crippen LogP contribution in [0.3, 0.4) is 0 Å². The number of anilines is 1. The van der Waals surface area contributed by atoms with Gasteiger partial charge in [-0.05, 0) is 31.0 Å². The molecule has 0 spiro atoms. The van der Waals surface area contributed by atoms with Gasteiger partial charge in [0.15, 0.2) is 5.82 Å². The van der Waals surface area contributed by atoms with E-state index in [1.54, 1.807) is 41.6 Å². The predicted molar refractivity (Wildman–Crippen MR) is 114 cm³/mol. The maximum absolute atomic E-state index is 12.3. The summed E-state index contributed by atoms with van der Waals surface area (Å²) in [6.07, 6.45) is 9.52. The van der Waals surface area contributed by atoms with E-state index in [2.05, 4.69) is 29.9 Å². The van der Waals surface area contributed by atoms with Crippen molar-refractivity contribution in [1.82, 2.24) is 29.6 Å². The molecule has 1 saturated heterocycles. The first-order chi connectivity index (χ1) is 14.8. The van der Waals surface area contributed by atoms with Gasteiger partial charge < -0.3 is 4.90 Å². The van der Waals surface area contributed by atoms with Gasteiger partial charge in [-0.1, -0.05) is 0 Å². The molecule has 0 radical (unpaired) electrons. The summed E-state index contributed by atoms with van der Waals surface area (Å²) in [6.45, 7) is 5.13. The molecule has 0 N–H and O–H groups in total. The minimum absolute atomic E-state index is 0.0694. The highest BCUT2D eigenvalue weighted by molar-refractivity contribution is 5.57. The largest absolute Gasteiger partial charge is 0.353 e. The standard InChI is InChI=1S/C22H25N7O/c30-20-4-3-19(17-5-7-23-8-6-17)26-29(20)16-13-27-11-14-28(15-12-27)22-21(18-1-2-18)24-9-10-25-22/h3-10,18H,1-2,11-16H2. The van der Waals surface area contributed by atoms with E-state index in [9.17, 15) is 4.79 Å². The summed E-state index contributed by atoms with van der Waals surface area (Å²) >= 11 is 0. The summed E-state index contributed by atoms with van der Waals surface area (Å²) in [6, 6.07) is 7.16. The highest BCUT2D eigenvalue weighted by atomic mass is 16.1.